The molecule has 0 radical (unpaired) electrons. The van der Waals surface area contributed by atoms with E-state index in [1.807, 2.05) is 11.0 Å². The van der Waals surface area contributed by atoms with Gasteiger partial charge in [0.1, 0.15) is 6.07 Å². The molecule has 0 saturated carbocycles. The number of carboxylic acid groups (broad SMARTS) is 1. The maximum Gasteiger partial charge on any atom is 0.310 e. The Balaban J connectivity index is 2.20. The van der Waals surface area contributed by atoms with Crippen LogP contribution in [0.25, 0.3) is 0 Å². The summed E-state index contributed by atoms with van der Waals surface area (Å²) in [4.78, 5) is 12.6. The van der Waals surface area contributed by atoms with Gasteiger partial charge >= 0.3 is 5.97 Å². The van der Waals surface area contributed by atoms with Gasteiger partial charge in [0.05, 0.1) is 17.2 Å². The molecule has 0 amide bonds. The standard InChI is InChI=1S/C11H9BrN2O2/c12-9-2-1-7(4-13)10(3-9)14-5-8(6-14)11(15)16/h1-3,8H,5-6H2,(H,15,16). The van der Waals surface area contributed by atoms with Crippen molar-refractivity contribution in [3.05, 3.63) is 28.2 Å². The van der Waals surface area contributed by atoms with E-state index in [-0.39, 0.29) is 5.92 Å². The smallest absolute Gasteiger partial charge is 0.310 e. The highest BCUT2D eigenvalue weighted by Crippen LogP contribution is 2.30. The highest BCUT2D eigenvalue weighted by atomic mass is 79.9. The van der Waals surface area contributed by atoms with Crippen LogP contribution >= 0.6 is 15.9 Å². The van der Waals surface area contributed by atoms with Crippen LogP contribution in [0.3, 0.4) is 0 Å². The van der Waals surface area contributed by atoms with Gasteiger partial charge in [0.25, 0.3) is 0 Å². The molecular weight excluding hydrogens is 272 g/mol. The second-order valence-corrected chi connectivity index (χ2v) is 4.63. The fourth-order valence-corrected chi connectivity index (χ4v) is 2.04. The number of anilines is 1. The van der Waals surface area contributed by atoms with Gasteiger partial charge in [0.2, 0.25) is 0 Å². The Morgan fingerprint density at radius 2 is 2.25 bits per heavy atom. The predicted octanol–water partition coefficient (Wildman–Crippen LogP) is 1.84. The van der Waals surface area contributed by atoms with Crippen molar-refractivity contribution in [2.75, 3.05) is 18.0 Å². The van der Waals surface area contributed by atoms with Crippen LogP contribution in [0.15, 0.2) is 22.7 Å². The summed E-state index contributed by atoms with van der Waals surface area (Å²) in [6.07, 6.45) is 0. The highest BCUT2D eigenvalue weighted by molar-refractivity contribution is 9.10. The van der Waals surface area contributed by atoms with Crippen LogP contribution in [0.5, 0.6) is 0 Å². The van der Waals surface area contributed by atoms with Crippen LogP contribution in [0.1, 0.15) is 5.56 Å². The Labute approximate surface area is 101 Å². The summed E-state index contributed by atoms with van der Waals surface area (Å²) in [5, 5.41) is 17.7. The molecular formula is C11H9BrN2O2. The van der Waals surface area contributed by atoms with Crippen LogP contribution in [-0.2, 0) is 4.79 Å². The Bertz CT molecular complexity index is 475. The van der Waals surface area contributed by atoms with Gasteiger partial charge in [-0.05, 0) is 18.2 Å². The Hall–Kier alpha value is -1.54. The molecule has 0 spiro atoms. The topological polar surface area (TPSA) is 64.3 Å². The summed E-state index contributed by atoms with van der Waals surface area (Å²) in [5.41, 5.74) is 1.38. The van der Waals surface area contributed by atoms with E-state index < -0.39 is 5.97 Å². The zero-order chi connectivity index (χ0) is 11.7. The number of halogens is 1. The van der Waals surface area contributed by atoms with E-state index >= 15 is 0 Å². The molecule has 0 aliphatic carbocycles. The van der Waals surface area contributed by atoms with Crippen LogP contribution in [0.2, 0.25) is 0 Å². The zero-order valence-electron chi connectivity index (χ0n) is 8.35. The van der Waals surface area contributed by atoms with E-state index in [0.29, 0.717) is 18.7 Å². The first-order valence-electron chi connectivity index (χ1n) is 4.79. The summed E-state index contributed by atoms with van der Waals surface area (Å²) in [7, 11) is 0. The lowest BCUT2D eigenvalue weighted by atomic mass is 9.98. The van der Waals surface area contributed by atoms with Gasteiger partial charge in [-0.3, -0.25) is 4.79 Å². The molecule has 1 N–H and O–H groups in total. The minimum atomic E-state index is -0.773. The van der Waals surface area contributed by atoms with E-state index in [9.17, 15) is 4.79 Å². The molecule has 1 heterocycles. The maximum absolute atomic E-state index is 10.7. The zero-order valence-corrected chi connectivity index (χ0v) is 9.94. The molecule has 16 heavy (non-hydrogen) atoms. The molecule has 0 bridgehead atoms. The molecule has 1 aliphatic heterocycles. The average molecular weight is 281 g/mol. The second-order valence-electron chi connectivity index (χ2n) is 3.71. The first-order chi connectivity index (χ1) is 7.61. The predicted molar refractivity (Wildman–Crippen MR) is 62.2 cm³/mol. The molecule has 2 rings (SSSR count). The van der Waals surface area contributed by atoms with Crippen molar-refractivity contribution in [1.82, 2.24) is 0 Å². The van der Waals surface area contributed by atoms with Crippen molar-refractivity contribution in [3.8, 4) is 6.07 Å². The van der Waals surface area contributed by atoms with Crippen LogP contribution in [0, 0.1) is 17.2 Å². The van der Waals surface area contributed by atoms with Crippen LogP contribution < -0.4 is 4.90 Å². The highest BCUT2D eigenvalue weighted by Gasteiger charge is 2.33. The van der Waals surface area contributed by atoms with Crippen molar-refractivity contribution in [2.24, 2.45) is 5.92 Å². The Morgan fingerprint density at radius 3 is 2.81 bits per heavy atom. The third-order valence-electron chi connectivity index (χ3n) is 2.65. The molecule has 1 aromatic rings. The van der Waals surface area contributed by atoms with Gasteiger partial charge in [-0.2, -0.15) is 5.26 Å². The molecule has 1 aliphatic rings. The Kier molecular flexibility index (Phi) is 2.84. The third-order valence-corrected chi connectivity index (χ3v) is 3.14. The van der Waals surface area contributed by atoms with Crippen molar-refractivity contribution in [3.63, 3.8) is 0 Å². The molecule has 0 atom stereocenters. The van der Waals surface area contributed by atoms with E-state index in [4.69, 9.17) is 10.4 Å². The fourth-order valence-electron chi connectivity index (χ4n) is 1.69. The SMILES string of the molecule is N#Cc1ccc(Br)cc1N1CC(C(=O)O)C1. The van der Waals surface area contributed by atoms with Gasteiger partial charge in [0, 0.05) is 17.6 Å². The number of carboxylic acids is 1. The number of rotatable bonds is 2. The van der Waals surface area contributed by atoms with Gasteiger partial charge in [0.15, 0.2) is 0 Å². The fraction of sp³-hybridized carbons (Fsp3) is 0.273. The van der Waals surface area contributed by atoms with Gasteiger partial charge < -0.3 is 10.0 Å². The number of aliphatic carboxylic acids is 1. The van der Waals surface area contributed by atoms with E-state index in [1.165, 1.54) is 0 Å². The normalized spacial score (nSPS) is 15.4. The van der Waals surface area contributed by atoms with Crippen molar-refractivity contribution >= 4 is 27.6 Å². The minimum absolute atomic E-state index is 0.314. The molecule has 4 nitrogen and oxygen atoms in total. The van der Waals surface area contributed by atoms with Crippen LogP contribution in [-0.4, -0.2) is 24.2 Å². The van der Waals surface area contributed by atoms with Crippen molar-refractivity contribution < 1.29 is 9.90 Å². The molecule has 1 aromatic carbocycles. The van der Waals surface area contributed by atoms with Gasteiger partial charge in [-0.15, -0.1) is 0 Å². The number of carbonyl (C=O) groups is 1. The monoisotopic (exact) mass is 280 g/mol. The van der Waals surface area contributed by atoms with Crippen LogP contribution in [0.4, 0.5) is 5.69 Å². The van der Waals surface area contributed by atoms with E-state index in [2.05, 4.69) is 22.0 Å². The maximum atomic E-state index is 10.7. The lowest BCUT2D eigenvalue weighted by Gasteiger charge is -2.39. The first kappa shape index (κ1) is 11.0. The number of hydrogen-bond acceptors (Lipinski definition) is 3. The molecule has 0 unspecified atom stereocenters. The summed E-state index contributed by atoms with van der Waals surface area (Å²) >= 11 is 3.34. The number of nitrogens with zero attached hydrogens (tertiary/aromatic N) is 2. The quantitative estimate of drug-likeness (QED) is 0.898. The largest absolute Gasteiger partial charge is 0.481 e. The van der Waals surface area contributed by atoms with Gasteiger partial charge in [-0.25, -0.2) is 0 Å². The number of benzene rings is 1. The molecule has 5 heteroatoms. The lowest BCUT2D eigenvalue weighted by molar-refractivity contribution is -0.142. The first-order valence-corrected chi connectivity index (χ1v) is 5.58. The average Bonchev–Trinajstić information content (AvgIpc) is 2.15. The molecule has 1 fully saturated rings. The summed E-state index contributed by atoms with van der Waals surface area (Å²) < 4.78 is 0.889. The second kappa shape index (κ2) is 4.14. The minimum Gasteiger partial charge on any atom is -0.481 e. The van der Waals surface area contributed by atoms with Gasteiger partial charge in [-0.1, -0.05) is 15.9 Å². The summed E-state index contributed by atoms with van der Waals surface area (Å²) in [6, 6.07) is 7.48. The van der Waals surface area contributed by atoms with Crippen molar-refractivity contribution in [1.29, 1.82) is 5.26 Å². The molecule has 0 aromatic heterocycles. The molecule has 1 saturated heterocycles. The summed E-state index contributed by atoms with van der Waals surface area (Å²) in [6.45, 7) is 0.945. The van der Waals surface area contributed by atoms with E-state index in [1.54, 1.807) is 12.1 Å². The van der Waals surface area contributed by atoms with Crippen molar-refractivity contribution in [2.45, 2.75) is 0 Å². The van der Waals surface area contributed by atoms with E-state index in [0.717, 1.165) is 10.2 Å². The third kappa shape index (κ3) is 1.89. The lowest BCUT2D eigenvalue weighted by Crippen LogP contribution is -2.50. The summed E-state index contributed by atoms with van der Waals surface area (Å²) in [5.74, 6) is -1.09. The molecule has 82 valence electrons. The Morgan fingerprint density at radius 1 is 1.56 bits per heavy atom. The number of hydrogen-bond donors (Lipinski definition) is 1. The number of nitriles is 1.